The minimum Gasteiger partial charge on any atom is -0.450 e. The molecule has 0 aliphatic carbocycles. The summed E-state index contributed by atoms with van der Waals surface area (Å²) < 4.78 is 0. The topological polar surface area (TPSA) is 108 Å². The summed E-state index contributed by atoms with van der Waals surface area (Å²) in [5.74, 6) is 0. The smallest absolute Gasteiger partial charge is 0.450 e. The molecule has 4 aromatic heterocycles. The van der Waals surface area contributed by atoms with Crippen LogP contribution < -0.4 is 19.9 Å². The summed E-state index contributed by atoms with van der Waals surface area (Å²) >= 11 is 0. The van der Waals surface area contributed by atoms with Crippen LogP contribution in [-0.2, 0) is 34.1 Å². The van der Waals surface area contributed by atoms with Crippen molar-refractivity contribution in [3.8, 4) is 0 Å². The summed E-state index contributed by atoms with van der Waals surface area (Å²) in [7, 11) is 0. The molecule has 0 saturated carbocycles. The Balaban J connectivity index is 0. The number of aromatic nitrogens is 8. The zero-order valence-electron chi connectivity index (χ0n) is 11.1. The molecule has 0 unspecified atom stereocenters. The third kappa shape index (κ3) is 15.9. The first-order valence-corrected chi connectivity index (χ1v) is 5.46. The van der Waals surface area contributed by atoms with E-state index in [2.05, 4.69) is 39.9 Å². The molecule has 0 N–H and O–H groups in total. The van der Waals surface area contributed by atoms with Gasteiger partial charge >= 0.3 is 34.1 Å². The molecule has 22 heavy (non-hydrogen) atoms. The van der Waals surface area contributed by atoms with Gasteiger partial charge in [-0.25, -0.2) is 0 Å². The molecule has 8 nitrogen and oxygen atoms in total. The van der Waals surface area contributed by atoms with Crippen molar-refractivity contribution in [3.63, 3.8) is 0 Å². The Labute approximate surface area is 149 Å². The molecule has 0 bridgehead atoms. The average molecular weight is 395 g/mol. The van der Waals surface area contributed by atoms with Crippen LogP contribution in [0, 0.1) is 0 Å². The van der Waals surface area contributed by atoms with E-state index in [1.54, 1.807) is 49.6 Å². The fourth-order valence-corrected chi connectivity index (χ4v) is 0.770. The van der Waals surface area contributed by atoms with Gasteiger partial charge in [-0.15, -0.1) is 0 Å². The van der Waals surface area contributed by atoms with Gasteiger partial charge in [0.2, 0.25) is 0 Å². The first-order chi connectivity index (χ1) is 10.0. The Morgan fingerprint density at radius 1 is 0.409 bits per heavy atom. The first kappa shape index (κ1) is 22.2. The maximum Gasteiger partial charge on any atom is 2.00 e. The largest absolute Gasteiger partial charge is 2.00 e. The Kier molecular flexibility index (Phi) is 19.0. The van der Waals surface area contributed by atoms with Crippen LogP contribution in [0.25, 0.3) is 0 Å². The van der Waals surface area contributed by atoms with Crippen LogP contribution >= 0.6 is 0 Å². The molecule has 0 fully saturated rings. The van der Waals surface area contributed by atoms with Gasteiger partial charge in [0.25, 0.3) is 0 Å². The summed E-state index contributed by atoms with van der Waals surface area (Å²) in [6, 6.07) is 0. The van der Waals surface area contributed by atoms with Crippen molar-refractivity contribution in [2.24, 2.45) is 0 Å². The predicted octanol–water partition coefficient (Wildman–Crippen LogP) is 0.150. The molecule has 4 heterocycles. The molecule has 0 spiro atoms. The van der Waals surface area contributed by atoms with Crippen LogP contribution in [0.2, 0.25) is 0 Å². The second kappa shape index (κ2) is 18.9. The number of hydrogen-bond acceptors (Lipinski definition) is 4. The Bertz CT molecular complexity index is 360. The van der Waals surface area contributed by atoms with Crippen molar-refractivity contribution in [2.75, 3.05) is 0 Å². The van der Waals surface area contributed by atoms with Gasteiger partial charge in [0.05, 0.1) is 0 Å². The normalized spacial score (nSPS) is 7.27. The third-order valence-corrected chi connectivity index (χ3v) is 1.49. The van der Waals surface area contributed by atoms with Gasteiger partial charge in [0, 0.05) is 0 Å². The van der Waals surface area contributed by atoms with E-state index in [-0.39, 0.29) is 34.1 Å². The van der Waals surface area contributed by atoms with Gasteiger partial charge in [-0.2, -0.15) is 0 Å². The average Bonchev–Trinajstić information content (AvgIpc) is 3.40. The summed E-state index contributed by atoms with van der Waals surface area (Å²) in [5.41, 5.74) is 0. The predicted molar refractivity (Wildman–Crippen MR) is 70.2 cm³/mol. The van der Waals surface area contributed by atoms with E-state index >= 15 is 0 Å². The molecule has 0 amide bonds. The van der Waals surface area contributed by atoms with Crippen LogP contribution in [-0.4, -0.2) is 19.9 Å². The van der Waals surface area contributed by atoms with Gasteiger partial charge in [-0.1, -0.05) is 74.9 Å². The van der Waals surface area contributed by atoms with Gasteiger partial charge in [-0.3, -0.25) is 0 Å². The zero-order valence-corrected chi connectivity index (χ0v) is 13.0. The summed E-state index contributed by atoms with van der Waals surface area (Å²) in [6.07, 6.45) is 19.1. The Morgan fingerprint density at radius 2 is 0.636 bits per heavy atom. The van der Waals surface area contributed by atoms with Gasteiger partial charge in [0.1, 0.15) is 0 Å². The molecular weight excluding hydrogens is 383 g/mol. The van der Waals surface area contributed by atoms with Gasteiger partial charge in [0.15, 0.2) is 0 Å². The Morgan fingerprint density at radius 3 is 0.682 bits per heavy atom. The van der Waals surface area contributed by atoms with Crippen molar-refractivity contribution < 1.29 is 34.1 Å². The molecule has 0 aliphatic heterocycles. The van der Waals surface area contributed by atoms with Gasteiger partial charge in [-0.05, 0) is 0 Å². The molecule has 0 aliphatic rings. The number of hydrogen-bond donors (Lipinski definition) is 0. The van der Waals surface area contributed by atoms with Crippen LogP contribution in [0.5, 0.6) is 0 Å². The molecule has 4 rings (SSSR count). The number of imidazole rings is 4. The van der Waals surface area contributed by atoms with E-state index < -0.39 is 0 Å². The van der Waals surface area contributed by atoms with Crippen molar-refractivity contribution in [3.05, 3.63) is 74.9 Å². The van der Waals surface area contributed by atoms with Crippen molar-refractivity contribution in [1.29, 1.82) is 0 Å². The number of nitrogens with zero attached hydrogens (tertiary/aromatic N) is 8. The van der Waals surface area contributed by atoms with E-state index in [0.717, 1.165) is 0 Å². The zero-order chi connectivity index (χ0) is 14.1. The van der Waals surface area contributed by atoms with Crippen LogP contribution in [0.4, 0.5) is 0 Å². The second-order valence-electron chi connectivity index (χ2n) is 2.85. The van der Waals surface area contributed by atoms with Gasteiger partial charge < -0.3 is 39.9 Å². The fourth-order valence-electron chi connectivity index (χ4n) is 0.770. The maximum absolute atomic E-state index is 3.61. The molecular formula is C12H12Cu2N8. The van der Waals surface area contributed by atoms with Crippen molar-refractivity contribution in [1.82, 2.24) is 39.9 Å². The molecule has 0 saturated heterocycles. The summed E-state index contributed by atoms with van der Waals surface area (Å²) in [6.45, 7) is 0. The molecule has 0 aromatic carbocycles. The molecule has 10 heteroatoms. The molecule has 0 atom stereocenters. The third-order valence-electron chi connectivity index (χ3n) is 1.49. The van der Waals surface area contributed by atoms with E-state index in [0.29, 0.717) is 0 Å². The minimum absolute atomic E-state index is 0. The van der Waals surface area contributed by atoms with Crippen LogP contribution in [0.15, 0.2) is 74.9 Å². The van der Waals surface area contributed by atoms with Crippen LogP contribution in [0.3, 0.4) is 0 Å². The van der Waals surface area contributed by atoms with Crippen molar-refractivity contribution >= 4 is 0 Å². The fraction of sp³-hybridized carbons (Fsp3) is 0. The van der Waals surface area contributed by atoms with E-state index in [1.807, 2.05) is 0 Å². The molecule has 122 valence electrons. The minimum atomic E-state index is 0. The summed E-state index contributed by atoms with van der Waals surface area (Å²) in [4.78, 5) is 28.9. The standard InChI is InChI=1S/4C3H3N2.2Cu/c4*1-2-5-3-4-1;;/h4*1-3H;;/q4*-1;2*+2. The SMILES string of the molecule is [Cu+2].[Cu+2].c1c[n-]cn1.c1c[n-]cn1.c1c[n-]cn1.c1c[n-]cn1. The quantitative estimate of drug-likeness (QED) is 0.387. The van der Waals surface area contributed by atoms with E-state index in [1.165, 1.54) is 25.3 Å². The second-order valence-corrected chi connectivity index (χ2v) is 2.85. The summed E-state index contributed by atoms with van der Waals surface area (Å²) in [5, 5.41) is 0. The number of rotatable bonds is 0. The monoisotopic (exact) mass is 394 g/mol. The van der Waals surface area contributed by atoms with Crippen LogP contribution in [0.1, 0.15) is 0 Å². The molecule has 2 radical (unpaired) electrons. The molecule has 4 aromatic rings. The van der Waals surface area contributed by atoms with E-state index in [9.17, 15) is 0 Å². The maximum atomic E-state index is 3.61. The van der Waals surface area contributed by atoms with E-state index in [4.69, 9.17) is 0 Å². The first-order valence-electron chi connectivity index (χ1n) is 5.46. The Hall–Kier alpha value is -2.12. The van der Waals surface area contributed by atoms with Crippen molar-refractivity contribution in [2.45, 2.75) is 0 Å².